The number of hydrogen-bond acceptors (Lipinski definition) is 6. The normalized spacial score (nSPS) is 10.6. The number of anilines is 1. The lowest BCUT2D eigenvalue weighted by Gasteiger charge is -2.11. The maximum Gasteiger partial charge on any atom is 0.234 e. The molecule has 0 spiro atoms. The van der Waals surface area contributed by atoms with E-state index in [1.54, 1.807) is 20.3 Å². The van der Waals surface area contributed by atoms with Gasteiger partial charge in [0.05, 0.1) is 20.0 Å². The Bertz CT molecular complexity index is 1240. The molecule has 0 unspecified atom stereocenters. The Labute approximate surface area is 196 Å². The predicted molar refractivity (Wildman–Crippen MR) is 130 cm³/mol. The number of amides is 1. The second kappa shape index (κ2) is 10.2. The SMILES string of the molecule is COc1ccc(-c2nnc(SCC(=O)Nc3cccc(OC)c3)n2-c2ccc(C)cc2)cc1. The standard InChI is InChI=1S/C25H24N4O3S/c1-17-7-11-20(12-8-17)29-24(18-9-13-21(31-2)14-10-18)27-28-25(29)33-16-23(30)26-19-5-4-6-22(15-19)32-3/h4-15H,16H2,1-3H3,(H,26,30). The van der Waals surface area contributed by atoms with Gasteiger partial charge in [-0.2, -0.15) is 0 Å². The molecule has 0 aliphatic heterocycles. The van der Waals surface area contributed by atoms with Crippen molar-refractivity contribution in [3.63, 3.8) is 0 Å². The van der Waals surface area contributed by atoms with E-state index in [1.807, 2.05) is 78.2 Å². The third-order valence-electron chi connectivity index (χ3n) is 4.96. The first-order valence-electron chi connectivity index (χ1n) is 10.3. The Morgan fingerprint density at radius 3 is 2.36 bits per heavy atom. The van der Waals surface area contributed by atoms with E-state index in [2.05, 4.69) is 15.5 Å². The maximum absolute atomic E-state index is 12.6. The van der Waals surface area contributed by atoms with Gasteiger partial charge in [-0.1, -0.05) is 35.5 Å². The third-order valence-corrected chi connectivity index (χ3v) is 5.89. The first-order chi connectivity index (χ1) is 16.1. The third kappa shape index (κ3) is 5.35. The van der Waals surface area contributed by atoms with Gasteiger partial charge in [0.15, 0.2) is 11.0 Å². The highest BCUT2D eigenvalue weighted by molar-refractivity contribution is 7.99. The number of benzene rings is 3. The molecule has 7 nitrogen and oxygen atoms in total. The van der Waals surface area contributed by atoms with Gasteiger partial charge in [0.1, 0.15) is 11.5 Å². The minimum absolute atomic E-state index is 0.141. The molecule has 3 aromatic carbocycles. The van der Waals surface area contributed by atoms with Gasteiger partial charge in [-0.3, -0.25) is 9.36 Å². The number of aryl methyl sites for hydroxylation is 1. The van der Waals surface area contributed by atoms with Gasteiger partial charge >= 0.3 is 0 Å². The smallest absolute Gasteiger partial charge is 0.234 e. The lowest BCUT2D eigenvalue weighted by atomic mass is 10.2. The van der Waals surface area contributed by atoms with Crippen molar-refractivity contribution in [1.82, 2.24) is 14.8 Å². The Morgan fingerprint density at radius 1 is 0.939 bits per heavy atom. The maximum atomic E-state index is 12.6. The topological polar surface area (TPSA) is 78.3 Å². The van der Waals surface area contributed by atoms with Crippen LogP contribution in [0.5, 0.6) is 11.5 Å². The number of nitrogens with zero attached hydrogens (tertiary/aromatic N) is 3. The number of hydrogen-bond donors (Lipinski definition) is 1. The summed E-state index contributed by atoms with van der Waals surface area (Å²) in [6.45, 7) is 2.04. The van der Waals surface area contributed by atoms with Crippen LogP contribution in [0.25, 0.3) is 17.1 Å². The molecule has 1 heterocycles. The summed E-state index contributed by atoms with van der Waals surface area (Å²) in [5, 5.41) is 12.3. The van der Waals surface area contributed by atoms with Crippen LogP contribution in [0.15, 0.2) is 78.0 Å². The lowest BCUT2D eigenvalue weighted by molar-refractivity contribution is -0.113. The molecular formula is C25H24N4O3S. The monoisotopic (exact) mass is 460 g/mol. The largest absolute Gasteiger partial charge is 0.497 e. The highest BCUT2D eigenvalue weighted by Gasteiger charge is 2.17. The molecule has 0 aliphatic carbocycles. The fourth-order valence-electron chi connectivity index (χ4n) is 3.25. The second-order valence-electron chi connectivity index (χ2n) is 7.27. The Balaban J connectivity index is 1.58. The quantitative estimate of drug-likeness (QED) is 0.373. The van der Waals surface area contributed by atoms with Crippen LogP contribution >= 0.6 is 11.8 Å². The molecule has 1 aromatic heterocycles. The lowest BCUT2D eigenvalue weighted by Crippen LogP contribution is -2.14. The minimum Gasteiger partial charge on any atom is -0.497 e. The molecule has 0 atom stereocenters. The average Bonchev–Trinajstić information content (AvgIpc) is 3.27. The Kier molecular flexibility index (Phi) is 6.95. The molecule has 0 fully saturated rings. The summed E-state index contributed by atoms with van der Waals surface area (Å²) in [5.74, 6) is 2.19. The summed E-state index contributed by atoms with van der Waals surface area (Å²) >= 11 is 1.33. The first-order valence-corrected chi connectivity index (χ1v) is 11.3. The zero-order valence-electron chi connectivity index (χ0n) is 18.6. The predicted octanol–water partition coefficient (Wildman–Crippen LogP) is 4.99. The summed E-state index contributed by atoms with van der Waals surface area (Å²) in [6.07, 6.45) is 0. The van der Waals surface area contributed by atoms with E-state index in [0.29, 0.717) is 22.4 Å². The summed E-state index contributed by atoms with van der Waals surface area (Å²) in [6, 6.07) is 23.0. The van der Waals surface area contributed by atoms with E-state index in [-0.39, 0.29) is 11.7 Å². The van der Waals surface area contributed by atoms with E-state index in [9.17, 15) is 4.79 Å². The van der Waals surface area contributed by atoms with Crippen LogP contribution in [0.4, 0.5) is 5.69 Å². The van der Waals surface area contributed by atoms with E-state index in [1.165, 1.54) is 11.8 Å². The van der Waals surface area contributed by atoms with Crippen LogP contribution < -0.4 is 14.8 Å². The zero-order valence-corrected chi connectivity index (χ0v) is 19.4. The molecule has 4 aromatic rings. The minimum atomic E-state index is -0.141. The molecule has 1 N–H and O–H groups in total. The highest BCUT2D eigenvalue weighted by atomic mass is 32.2. The number of methoxy groups -OCH3 is 2. The van der Waals surface area contributed by atoms with Gasteiger partial charge in [0.25, 0.3) is 0 Å². The summed E-state index contributed by atoms with van der Waals surface area (Å²) in [5.41, 5.74) is 3.66. The average molecular weight is 461 g/mol. The van der Waals surface area contributed by atoms with E-state index in [4.69, 9.17) is 9.47 Å². The van der Waals surface area contributed by atoms with Crippen LogP contribution in [0, 0.1) is 6.92 Å². The Morgan fingerprint density at radius 2 is 1.67 bits per heavy atom. The molecule has 0 saturated carbocycles. The second-order valence-corrected chi connectivity index (χ2v) is 8.22. The van der Waals surface area contributed by atoms with Crippen molar-refractivity contribution in [3.8, 4) is 28.6 Å². The molecule has 0 saturated heterocycles. The summed E-state index contributed by atoms with van der Waals surface area (Å²) < 4.78 is 12.4. The molecule has 4 rings (SSSR count). The van der Waals surface area contributed by atoms with Crippen molar-refractivity contribution >= 4 is 23.4 Å². The molecule has 33 heavy (non-hydrogen) atoms. The summed E-state index contributed by atoms with van der Waals surface area (Å²) in [7, 11) is 3.23. The van der Waals surface area contributed by atoms with Crippen LogP contribution in [0.3, 0.4) is 0 Å². The van der Waals surface area contributed by atoms with Crippen LogP contribution in [-0.2, 0) is 4.79 Å². The van der Waals surface area contributed by atoms with E-state index in [0.717, 1.165) is 22.6 Å². The van der Waals surface area contributed by atoms with Gasteiger partial charge in [0, 0.05) is 23.0 Å². The van der Waals surface area contributed by atoms with Crippen LogP contribution in [-0.4, -0.2) is 40.6 Å². The molecule has 0 radical (unpaired) electrons. The zero-order chi connectivity index (χ0) is 23.2. The van der Waals surface area contributed by atoms with E-state index < -0.39 is 0 Å². The van der Waals surface area contributed by atoms with Gasteiger partial charge in [0.2, 0.25) is 5.91 Å². The fourth-order valence-corrected chi connectivity index (χ4v) is 4.00. The van der Waals surface area contributed by atoms with Gasteiger partial charge in [-0.25, -0.2) is 0 Å². The van der Waals surface area contributed by atoms with Crippen molar-refractivity contribution < 1.29 is 14.3 Å². The molecule has 1 amide bonds. The number of aromatic nitrogens is 3. The van der Waals surface area contributed by atoms with Crippen molar-refractivity contribution in [1.29, 1.82) is 0 Å². The van der Waals surface area contributed by atoms with Gasteiger partial charge in [-0.15, -0.1) is 10.2 Å². The summed E-state index contributed by atoms with van der Waals surface area (Å²) in [4.78, 5) is 12.6. The van der Waals surface area contributed by atoms with Crippen molar-refractivity contribution in [2.75, 3.05) is 25.3 Å². The fraction of sp³-hybridized carbons (Fsp3) is 0.160. The molecular weight excluding hydrogens is 436 g/mol. The number of carbonyl (C=O) groups is 1. The molecule has 0 aliphatic rings. The van der Waals surface area contributed by atoms with Crippen molar-refractivity contribution in [2.24, 2.45) is 0 Å². The molecule has 168 valence electrons. The number of ether oxygens (including phenoxy) is 2. The van der Waals surface area contributed by atoms with Crippen LogP contribution in [0.2, 0.25) is 0 Å². The van der Waals surface area contributed by atoms with Crippen LogP contribution in [0.1, 0.15) is 5.56 Å². The highest BCUT2D eigenvalue weighted by Crippen LogP contribution is 2.29. The number of rotatable bonds is 8. The number of nitrogens with one attached hydrogen (secondary N) is 1. The first kappa shape index (κ1) is 22.4. The molecule has 8 heteroatoms. The van der Waals surface area contributed by atoms with E-state index >= 15 is 0 Å². The Hall–Kier alpha value is -3.78. The van der Waals surface area contributed by atoms with Crippen molar-refractivity contribution in [3.05, 3.63) is 78.4 Å². The van der Waals surface area contributed by atoms with Gasteiger partial charge < -0.3 is 14.8 Å². The number of thioether (sulfide) groups is 1. The number of carbonyl (C=O) groups excluding carboxylic acids is 1. The molecule has 0 bridgehead atoms. The van der Waals surface area contributed by atoms with Gasteiger partial charge in [-0.05, 0) is 55.5 Å². The van der Waals surface area contributed by atoms with Crippen molar-refractivity contribution in [2.45, 2.75) is 12.1 Å².